The SMILES string of the molecule is C[C@@H](N=[N+]=[N-])c1cc(Br)cs1. The average Bonchev–Trinajstić information content (AvgIpc) is 2.36. The van der Waals surface area contributed by atoms with Gasteiger partial charge in [-0.3, -0.25) is 0 Å². The number of nitrogens with zero attached hydrogens (tertiary/aromatic N) is 3. The minimum absolute atomic E-state index is 0.0590. The molecule has 1 aromatic rings. The first-order valence-corrected chi connectivity index (χ1v) is 4.69. The van der Waals surface area contributed by atoms with Crippen molar-refractivity contribution >= 4 is 27.3 Å². The van der Waals surface area contributed by atoms with E-state index in [9.17, 15) is 0 Å². The zero-order valence-corrected chi connectivity index (χ0v) is 8.26. The van der Waals surface area contributed by atoms with E-state index in [-0.39, 0.29) is 6.04 Å². The predicted molar refractivity (Wildman–Crippen MR) is 49.6 cm³/mol. The molecule has 0 amide bonds. The maximum Gasteiger partial charge on any atom is 0.0691 e. The van der Waals surface area contributed by atoms with E-state index in [1.165, 1.54) is 0 Å². The van der Waals surface area contributed by atoms with Crippen molar-refractivity contribution < 1.29 is 0 Å². The van der Waals surface area contributed by atoms with Crippen molar-refractivity contribution in [1.29, 1.82) is 0 Å². The maximum atomic E-state index is 8.16. The summed E-state index contributed by atoms with van der Waals surface area (Å²) in [6.45, 7) is 1.87. The number of halogens is 1. The van der Waals surface area contributed by atoms with Crippen LogP contribution in [-0.4, -0.2) is 0 Å². The number of rotatable bonds is 2. The Kier molecular flexibility index (Phi) is 2.93. The minimum Gasteiger partial charge on any atom is -0.147 e. The van der Waals surface area contributed by atoms with Gasteiger partial charge in [0.2, 0.25) is 0 Å². The molecule has 0 unspecified atom stereocenters. The van der Waals surface area contributed by atoms with E-state index in [1.807, 2.05) is 18.4 Å². The molecule has 1 heterocycles. The lowest BCUT2D eigenvalue weighted by Crippen LogP contribution is -1.80. The Hall–Kier alpha value is -0.510. The van der Waals surface area contributed by atoms with Crippen LogP contribution < -0.4 is 0 Å². The molecule has 1 aromatic heterocycles. The zero-order chi connectivity index (χ0) is 8.27. The lowest BCUT2D eigenvalue weighted by molar-refractivity contribution is 0.826. The van der Waals surface area contributed by atoms with Gasteiger partial charge in [0.15, 0.2) is 0 Å². The van der Waals surface area contributed by atoms with Gasteiger partial charge >= 0.3 is 0 Å². The van der Waals surface area contributed by atoms with Crippen LogP contribution in [-0.2, 0) is 0 Å². The fourth-order valence-corrected chi connectivity index (χ4v) is 2.12. The smallest absolute Gasteiger partial charge is 0.0691 e. The van der Waals surface area contributed by atoms with E-state index in [4.69, 9.17) is 5.53 Å². The van der Waals surface area contributed by atoms with Crippen LogP contribution in [0.3, 0.4) is 0 Å². The van der Waals surface area contributed by atoms with Crippen LogP contribution in [0.15, 0.2) is 21.0 Å². The van der Waals surface area contributed by atoms with Gasteiger partial charge in [-0.25, -0.2) is 0 Å². The van der Waals surface area contributed by atoms with Crippen LogP contribution in [0.5, 0.6) is 0 Å². The lowest BCUT2D eigenvalue weighted by atomic mass is 10.3. The predicted octanol–water partition coefficient (Wildman–Crippen LogP) is 3.88. The van der Waals surface area contributed by atoms with Crippen molar-refractivity contribution in [3.63, 3.8) is 0 Å². The molecule has 1 atom stereocenters. The first-order valence-electron chi connectivity index (χ1n) is 3.02. The summed E-state index contributed by atoms with van der Waals surface area (Å²) in [5.41, 5.74) is 8.16. The molecule has 5 heteroatoms. The summed E-state index contributed by atoms with van der Waals surface area (Å²) in [4.78, 5) is 3.82. The summed E-state index contributed by atoms with van der Waals surface area (Å²) >= 11 is 4.91. The lowest BCUT2D eigenvalue weighted by Gasteiger charge is -1.96. The Balaban J connectivity index is 2.84. The third-order valence-corrected chi connectivity index (χ3v) is 3.09. The van der Waals surface area contributed by atoms with E-state index in [0.29, 0.717) is 0 Å². The molecule has 0 N–H and O–H groups in total. The van der Waals surface area contributed by atoms with Gasteiger partial charge in [-0.2, -0.15) is 0 Å². The molecule has 0 fully saturated rings. The highest BCUT2D eigenvalue weighted by Gasteiger charge is 2.04. The third kappa shape index (κ3) is 2.22. The molecule has 0 radical (unpaired) electrons. The second-order valence-electron chi connectivity index (χ2n) is 2.05. The van der Waals surface area contributed by atoms with Crippen molar-refractivity contribution in [3.05, 3.63) is 31.2 Å². The van der Waals surface area contributed by atoms with Crippen molar-refractivity contribution in [2.75, 3.05) is 0 Å². The van der Waals surface area contributed by atoms with Crippen LogP contribution >= 0.6 is 27.3 Å². The standard InChI is InChI=1S/C6H6BrN3S/c1-4(9-10-8)6-2-5(7)3-11-6/h2-4H,1H3/t4-/m1/s1. The second-order valence-corrected chi connectivity index (χ2v) is 3.91. The fourth-order valence-electron chi connectivity index (χ4n) is 0.682. The van der Waals surface area contributed by atoms with Crippen LogP contribution in [0.25, 0.3) is 10.4 Å². The summed E-state index contributed by atoms with van der Waals surface area (Å²) in [5.74, 6) is 0. The van der Waals surface area contributed by atoms with Gasteiger partial charge in [0.05, 0.1) is 6.04 Å². The summed E-state index contributed by atoms with van der Waals surface area (Å²) in [6.07, 6.45) is 0. The Morgan fingerprint density at radius 3 is 3.00 bits per heavy atom. The highest BCUT2D eigenvalue weighted by atomic mass is 79.9. The molecule has 1 rings (SSSR count). The molecule has 0 aromatic carbocycles. The molecule has 0 bridgehead atoms. The minimum atomic E-state index is -0.0590. The molecule has 0 saturated carbocycles. The quantitative estimate of drug-likeness (QED) is 0.422. The zero-order valence-electron chi connectivity index (χ0n) is 5.86. The van der Waals surface area contributed by atoms with Gasteiger partial charge in [-0.1, -0.05) is 12.0 Å². The highest BCUT2D eigenvalue weighted by molar-refractivity contribution is 9.10. The second kappa shape index (κ2) is 3.76. The number of hydrogen-bond donors (Lipinski definition) is 0. The van der Waals surface area contributed by atoms with Crippen molar-refractivity contribution in [1.82, 2.24) is 0 Å². The van der Waals surface area contributed by atoms with E-state index in [1.54, 1.807) is 11.3 Å². The topological polar surface area (TPSA) is 48.8 Å². The average molecular weight is 232 g/mol. The number of azide groups is 1. The summed E-state index contributed by atoms with van der Waals surface area (Å²) in [7, 11) is 0. The normalized spacial score (nSPS) is 12.2. The molecule has 3 nitrogen and oxygen atoms in total. The Bertz CT molecular complexity index is 290. The first kappa shape index (κ1) is 8.59. The van der Waals surface area contributed by atoms with Gasteiger partial charge in [0, 0.05) is 19.6 Å². The summed E-state index contributed by atoms with van der Waals surface area (Å²) in [6, 6.07) is 1.90. The van der Waals surface area contributed by atoms with Gasteiger partial charge < -0.3 is 0 Å². The number of hydrogen-bond acceptors (Lipinski definition) is 2. The van der Waals surface area contributed by atoms with Gasteiger partial charge in [0.25, 0.3) is 0 Å². The fraction of sp³-hybridized carbons (Fsp3) is 0.333. The molecule has 0 aliphatic rings. The monoisotopic (exact) mass is 231 g/mol. The molecule has 0 saturated heterocycles. The van der Waals surface area contributed by atoms with E-state index in [0.717, 1.165) is 9.35 Å². The van der Waals surface area contributed by atoms with Crippen molar-refractivity contribution in [2.24, 2.45) is 5.11 Å². The van der Waals surface area contributed by atoms with E-state index < -0.39 is 0 Å². The maximum absolute atomic E-state index is 8.16. The first-order chi connectivity index (χ1) is 5.24. The third-order valence-electron chi connectivity index (χ3n) is 1.22. The summed E-state index contributed by atoms with van der Waals surface area (Å²) in [5, 5.41) is 5.55. The van der Waals surface area contributed by atoms with Gasteiger partial charge in [-0.15, -0.1) is 11.3 Å². The van der Waals surface area contributed by atoms with Crippen molar-refractivity contribution in [3.8, 4) is 0 Å². The highest BCUT2D eigenvalue weighted by Crippen LogP contribution is 2.27. The molecule has 0 aliphatic carbocycles. The van der Waals surface area contributed by atoms with Crippen LogP contribution in [0.4, 0.5) is 0 Å². The largest absolute Gasteiger partial charge is 0.147 e. The molecule has 11 heavy (non-hydrogen) atoms. The van der Waals surface area contributed by atoms with Gasteiger partial charge in [0.1, 0.15) is 0 Å². The Labute approximate surface area is 76.8 Å². The molecule has 0 aliphatic heterocycles. The van der Waals surface area contributed by atoms with Crippen molar-refractivity contribution in [2.45, 2.75) is 13.0 Å². The van der Waals surface area contributed by atoms with Crippen LogP contribution in [0, 0.1) is 0 Å². The van der Waals surface area contributed by atoms with Crippen LogP contribution in [0.1, 0.15) is 17.8 Å². The molecular formula is C6H6BrN3S. The van der Waals surface area contributed by atoms with Crippen LogP contribution in [0.2, 0.25) is 0 Å². The van der Waals surface area contributed by atoms with E-state index >= 15 is 0 Å². The van der Waals surface area contributed by atoms with E-state index in [2.05, 4.69) is 26.0 Å². The number of thiophene rings is 1. The molecular weight excluding hydrogens is 226 g/mol. The summed E-state index contributed by atoms with van der Waals surface area (Å²) < 4.78 is 1.04. The molecule has 0 spiro atoms. The Morgan fingerprint density at radius 2 is 2.55 bits per heavy atom. The van der Waals surface area contributed by atoms with Gasteiger partial charge in [-0.05, 0) is 27.5 Å². The molecule has 58 valence electrons. The Morgan fingerprint density at radius 1 is 1.82 bits per heavy atom.